The minimum Gasteiger partial charge on any atom is -0.399 e. The van der Waals surface area contributed by atoms with Gasteiger partial charge in [-0.15, -0.1) is 0 Å². The van der Waals surface area contributed by atoms with Gasteiger partial charge in [0.25, 0.3) is 5.91 Å². The quantitative estimate of drug-likeness (QED) is 0.524. The fourth-order valence-electron chi connectivity index (χ4n) is 1.51. The number of anilines is 1. The first-order valence-corrected chi connectivity index (χ1v) is 6.44. The fraction of sp³-hybridized carbons (Fsp3) is 0.500. The number of carbonyl (C=O) groups is 1. The molecule has 0 atom stereocenters. The molecule has 1 rings (SSSR count). The van der Waals surface area contributed by atoms with Crippen LogP contribution in [0.15, 0.2) is 24.3 Å². The molecule has 0 radical (unpaired) electrons. The standard InChI is InChI=1S/C14H22N2O3/c1-18-10-11-19-9-3-2-8-16-14(17)12-4-6-13(15)7-5-12/h4-7H,2-3,8-11,15H2,1H3,(H,16,17). The Labute approximate surface area is 114 Å². The van der Waals surface area contributed by atoms with Crippen LogP contribution >= 0.6 is 0 Å². The first-order valence-electron chi connectivity index (χ1n) is 6.44. The number of nitrogens with two attached hydrogens (primary N) is 1. The van der Waals surface area contributed by atoms with Crippen molar-refractivity contribution in [2.24, 2.45) is 0 Å². The van der Waals surface area contributed by atoms with Gasteiger partial charge in [0, 0.05) is 31.5 Å². The number of rotatable bonds is 9. The lowest BCUT2D eigenvalue weighted by Gasteiger charge is -2.06. The lowest BCUT2D eigenvalue weighted by molar-refractivity contribution is 0.0686. The van der Waals surface area contributed by atoms with Gasteiger partial charge in [-0.3, -0.25) is 4.79 Å². The molecule has 3 N–H and O–H groups in total. The van der Waals surface area contributed by atoms with Crippen molar-refractivity contribution in [3.63, 3.8) is 0 Å². The molecule has 1 aromatic carbocycles. The summed E-state index contributed by atoms with van der Waals surface area (Å²) >= 11 is 0. The molecule has 0 aliphatic carbocycles. The average Bonchev–Trinajstić information content (AvgIpc) is 2.42. The van der Waals surface area contributed by atoms with E-state index in [9.17, 15) is 4.79 Å². The summed E-state index contributed by atoms with van der Waals surface area (Å²) in [5.74, 6) is -0.0692. The molecule has 0 fully saturated rings. The Bertz CT molecular complexity index is 365. The van der Waals surface area contributed by atoms with Gasteiger partial charge in [-0.1, -0.05) is 0 Å². The van der Waals surface area contributed by atoms with E-state index in [0.29, 0.717) is 37.6 Å². The maximum atomic E-state index is 11.7. The summed E-state index contributed by atoms with van der Waals surface area (Å²) in [7, 11) is 1.65. The van der Waals surface area contributed by atoms with E-state index in [1.807, 2.05) is 0 Å². The molecule has 0 aliphatic heterocycles. The molecule has 0 bridgehead atoms. The van der Waals surface area contributed by atoms with Crippen LogP contribution in [-0.2, 0) is 9.47 Å². The van der Waals surface area contributed by atoms with Crippen LogP contribution in [0.5, 0.6) is 0 Å². The van der Waals surface area contributed by atoms with Crippen LogP contribution in [0, 0.1) is 0 Å². The molecule has 0 unspecified atom stereocenters. The molecule has 5 heteroatoms. The van der Waals surface area contributed by atoms with E-state index in [4.69, 9.17) is 15.2 Å². The van der Waals surface area contributed by atoms with Crippen LogP contribution in [-0.4, -0.2) is 39.4 Å². The van der Waals surface area contributed by atoms with Crippen LogP contribution < -0.4 is 11.1 Å². The van der Waals surface area contributed by atoms with Gasteiger partial charge >= 0.3 is 0 Å². The topological polar surface area (TPSA) is 73.6 Å². The molecule has 0 aliphatic rings. The van der Waals surface area contributed by atoms with E-state index in [0.717, 1.165) is 12.8 Å². The van der Waals surface area contributed by atoms with Crippen LogP contribution in [0.25, 0.3) is 0 Å². The molecule has 0 heterocycles. The minimum absolute atomic E-state index is 0.0692. The van der Waals surface area contributed by atoms with E-state index in [2.05, 4.69) is 5.32 Å². The van der Waals surface area contributed by atoms with Crippen molar-refractivity contribution in [2.45, 2.75) is 12.8 Å². The SMILES string of the molecule is COCCOCCCCNC(=O)c1ccc(N)cc1. The highest BCUT2D eigenvalue weighted by molar-refractivity contribution is 5.94. The van der Waals surface area contributed by atoms with Crippen molar-refractivity contribution in [1.29, 1.82) is 0 Å². The Morgan fingerprint density at radius 3 is 2.58 bits per heavy atom. The van der Waals surface area contributed by atoms with Crippen molar-refractivity contribution in [3.05, 3.63) is 29.8 Å². The zero-order chi connectivity index (χ0) is 13.9. The maximum Gasteiger partial charge on any atom is 0.251 e. The van der Waals surface area contributed by atoms with Crippen molar-refractivity contribution in [2.75, 3.05) is 39.2 Å². The van der Waals surface area contributed by atoms with E-state index in [1.54, 1.807) is 31.4 Å². The number of amides is 1. The number of hydrogen-bond acceptors (Lipinski definition) is 4. The Kier molecular flexibility index (Phi) is 7.62. The number of methoxy groups -OCH3 is 1. The minimum atomic E-state index is -0.0692. The molecule has 19 heavy (non-hydrogen) atoms. The fourth-order valence-corrected chi connectivity index (χ4v) is 1.51. The number of nitrogen functional groups attached to an aromatic ring is 1. The lowest BCUT2D eigenvalue weighted by atomic mass is 10.2. The van der Waals surface area contributed by atoms with E-state index >= 15 is 0 Å². The molecule has 0 spiro atoms. The second kappa shape index (κ2) is 9.35. The first kappa shape index (κ1) is 15.5. The molecular formula is C14H22N2O3. The molecule has 1 aromatic rings. The van der Waals surface area contributed by atoms with Gasteiger partial charge in [0.05, 0.1) is 13.2 Å². The zero-order valence-electron chi connectivity index (χ0n) is 11.4. The highest BCUT2D eigenvalue weighted by Gasteiger charge is 2.03. The van der Waals surface area contributed by atoms with Crippen molar-refractivity contribution in [3.8, 4) is 0 Å². The summed E-state index contributed by atoms with van der Waals surface area (Å²) in [6, 6.07) is 6.88. The number of ether oxygens (including phenoxy) is 2. The zero-order valence-corrected chi connectivity index (χ0v) is 11.4. The van der Waals surface area contributed by atoms with Crippen LogP contribution in [0.2, 0.25) is 0 Å². The van der Waals surface area contributed by atoms with Crippen LogP contribution in [0.1, 0.15) is 23.2 Å². The maximum absolute atomic E-state index is 11.7. The molecule has 1 amide bonds. The lowest BCUT2D eigenvalue weighted by Crippen LogP contribution is -2.24. The molecule has 0 saturated carbocycles. The Balaban J connectivity index is 2.06. The third kappa shape index (κ3) is 6.79. The summed E-state index contributed by atoms with van der Waals surface area (Å²) in [4.78, 5) is 11.7. The second-order valence-corrected chi connectivity index (χ2v) is 4.19. The summed E-state index contributed by atoms with van der Waals surface area (Å²) in [6.45, 7) is 2.58. The largest absolute Gasteiger partial charge is 0.399 e. The van der Waals surface area contributed by atoms with E-state index in [-0.39, 0.29) is 5.91 Å². The van der Waals surface area contributed by atoms with Gasteiger partial charge < -0.3 is 20.5 Å². The molecule has 106 valence electrons. The average molecular weight is 266 g/mol. The predicted octanol–water partition coefficient (Wildman–Crippen LogP) is 1.44. The number of hydrogen-bond donors (Lipinski definition) is 2. The molecule has 5 nitrogen and oxygen atoms in total. The van der Waals surface area contributed by atoms with Crippen molar-refractivity contribution >= 4 is 11.6 Å². The predicted molar refractivity (Wildman–Crippen MR) is 75.1 cm³/mol. The highest BCUT2D eigenvalue weighted by atomic mass is 16.5. The number of carbonyl (C=O) groups excluding carboxylic acids is 1. The summed E-state index contributed by atoms with van der Waals surface area (Å²) in [5, 5.41) is 2.86. The number of benzene rings is 1. The Hall–Kier alpha value is -1.59. The summed E-state index contributed by atoms with van der Waals surface area (Å²) < 4.78 is 10.2. The Morgan fingerprint density at radius 1 is 1.16 bits per heavy atom. The van der Waals surface area contributed by atoms with Gasteiger partial charge in [0.1, 0.15) is 0 Å². The normalized spacial score (nSPS) is 10.4. The van der Waals surface area contributed by atoms with E-state index < -0.39 is 0 Å². The first-order chi connectivity index (χ1) is 9.24. The summed E-state index contributed by atoms with van der Waals surface area (Å²) in [6.07, 6.45) is 1.82. The van der Waals surface area contributed by atoms with E-state index in [1.165, 1.54) is 0 Å². The molecule has 0 saturated heterocycles. The van der Waals surface area contributed by atoms with Gasteiger partial charge in [0.15, 0.2) is 0 Å². The highest BCUT2D eigenvalue weighted by Crippen LogP contribution is 2.05. The molecular weight excluding hydrogens is 244 g/mol. The second-order valence-electron chi connectivity index (χ2n) is 4.19. The van der Waals surface area contributed by atoms with Gasteiger partial charge in [0.2, 0.25) is 0 Å². The van der Waals surface area contributed by atoms with Gasteiger partial charge in [-0.2, -0.15) is 0 Å². The van der Waals surface area contributed by atoms with Crippen molar-refractivity contribution in [1.82, 2.24) is 5.32 Å². The molecule has 0 aromatic heterocycles. The third-order valence-corrected chi connectivity index (χ3v) is 2.61. The van der Waals surface area contributed by atoms with Gasteiger partial charge in [-0.05, 0) is 37.1 Å². The van der Waals surface area contributed by atoms with Crippen molar-refractivity contribution < 1.29 is 14.3 Å². The Morgan fingerprint density at radius 2 is 1.89 bits per heavy atom. The monoisotopic (exact) mass is 266 g/mol. The third-order valence-electron chi connectivity index (χ3n) is 2.61. The van der Waals surface area contributed by atoms with Crippen LogP contribution in [0.3, 0.4) is 0 Å². The number of unbranched alkanes of at least 4 members (excludes halogenated alkanes) is 1. The van der Waals surface area contributed by atoms with Crippen LogP contribution in [0.4, 0.5) is 5.69 Å². The summed E-state index contributed by atoms with van der Waals surface area (Å²) in [5.41, 5.74) is 6.85. The number of nitrogens with one attached hydrogen (secondary N) is 1. The van der Waals surface area contributed by atoms with Gasteiger partial charge in [-0.25, -0.2) is 0 Å². The smallest absolute Gasteiger partial charge is 0.251 e.